The minimum Gasteiger partial charge on any atom is -0.351 e. The molecule has 0 atom stereocenters. The van der Waals surface area contributed by atoms with Crippen molar-refractivity contribution in [3.8, 4) is 6.07 Å². The molecule has 4 heteroatoms. The normalized spacial score (nSPS) is 9.33. The van der Waals surface area contributed by atoms with Gasteiger partial charge >= 0.3 is 0 Å². The first kappa shape index (κ1) is 11.2. The summed E-state index contributed by atoms with van der Waals surface area (Å²) in [4.78, 5) is 10.2. The molecular weight excluding hydrogens is 188 g/mol. The van der Waals surface area contributed by atoms with E-state index in [1.54, 1.807) is 12.3 Å². The molecule has 0 aliphatic heterocycles. The minimum absolute atomic E-state index is 0.368. The van der Waals surface area contributed by atoms with E-state index in [4.69, 9.17) is 5.26 Å². The molecule has 0 bridgehead atoms. The van der Waals surface area contributed by atoms with Gasteiger partial charge in [0.15, 0.2) is 11.5 Å². The lowest BCUT2D eigenvalue weighted by Gasteiger charge is -2.21. The molecule has 15 heavy (non-hydrogen) atoms. The number of nitriles is 1. The van der Waals surface area contributed by atoms with Gasteiger partial charge in [0.1, 0.15) is 6.07 Å². The van der Waals surface area contributed by atoms with Crippen LogP contribution in [0.4, 0.5) is 5.82 Å². The molecule has 0 saturated heterocycles. The number of aromatic nitrogens is 2. The molecule has 0 amide bonds. The first-order valence-electron chi connectivity index (χ1n) is 4.90. The third-order valence-corrected chi connectivity index (χ3v) is 1.93. The summed E-state index contributed by atoms with van der Waals surface area (Å²) in [6.45, 7) is 7.30. The molecule has 1 aromatic heterocycles. The fourth-order valence-corrected chi connectivity index (χ4v) is 1.35. The molecule has 0 N–H and O–H groups in total. The highest BCUT2D eigenvalue weighted by molar-refractivity contribution is 5.49. The van der Waals surface area contributed by atoms with Crippen molar-refractivity contribution in [2.24, 2.45) is 0 Å². The summed E-state index contributed by atoms with van der Waals surface area (Å²) in [5, 5.41) is 8.90. The van der Waals surface area contributed by atoms with E-state index in [1.807, 2.05) is 11.0 Å². The molecule has 0 spiro atoms. The molecule has 0 unspecified atom stereocenters. The summed E-state index contributed by atoms with van der Waals surface area (Å²) < 4.78 is 0. The molecule has 0 aliphatic rings. The molecule has 1 aromatic rings. The highest BCUT2D eigenvalue weighted by Crippen LogP contribution is 2.13. The largest absolute Gasteiger partial charge is 0.351 e. The van der Waals surface area contributed by atoms with Crippen molar-refractivity contribution in [1.29, 1.82) is 5.26 Å². The van der Waals surface area contributed by atoms with Gasteiger partial charge in [0.25, 0.3) is 0 Å². The van der Waals surface area contributed by atoms with Gasteiger partial charge in [-0.1, -0.05) is 13.0 Å². The number of rotatable bonds is 5. The molecule has 0 aliphatic carbocycles. The summed E-state index contributed by atoms with van der Waals surface area (Å²) in [5.74, 6) is 0.641. The minimum atomic E-state index is 0.368. The Labute approximate surface area is 89.9 Å². The predicted octanol–water partition coefficient (Wildman–Crippen LogP) is 1.75. The zero-order valence-corrected chi connectivity index (χ0v) is 8.85. The summed E-state index contributed by atoms with van der Waals surface area (Å²) in [6.07, 6.45) is 5.92. The van der Waals surface area contributed by atoms with Crippen molar-refractivity contribution < 1.29 is 0 Å². The number of nitrogens with zero attached hydrogens (tertiary/aromatic N) is 4. The molecule has 1 heterocycles. The Kier molecular flexibility index (Phi) is 4.30. The molecule has 0 radical (unpaired) electrons. The lowest BCUT2D eigenvalue weighted by atomic mass is 10.3. The smallest absolute Gasteiger partial charge is 0.183 e. The zero-order chi connectivity index (χ0) is 11.1. The lowest BCUT2D eigenvalue weighted by molar-refractivity contribution is 0.796. The first-order chi connectivity index (χ1) is 7.33. The summed E-state index contributed by atoms with van der Waals surface area (Å²) >= 11 is 0. The fourth-order valence-electron chi connectivity index (χ4n) is 1.35. The van der Waals surface area contributed by atoms with Crippen molar-refractivity contribution in [3.05, 3.63) is 30.7 Å². The molecule has 1 rings (SSSR count). The maximum Gasteiger partial charge on any atom is 0.183 e. The number of hydrogen-bond acceptors (Lipinski definition) is 4. The van der Waals surface area contributed by atoms with Gasteiger partial charge in [0.2, 0.25) is 0 Å². The van der Waals surface area contributed by atoms with Crippen molar-refractivity contribution in [1.82, 2.24) is 9.97 Å². The maximum atomic E-state index is 8.90. The fraction of sp³-hybridized carbons (Fsp3) is 0.364. The van der Waals surface area contributed by atoms with E-state index in [2.05, 4.69) is 23.5 Å². The standard InChI is InChI=1S/C11H14N4/c1-3-7-15(8-4-2)11-10(9-12)13-5-6-14-11/h3,5-6H,1,4,7-8H2,2H3. The van der Waals surface area contributed by atoms with E-state index >= 15 is 0 Å². The van der Waals surface area contributed by atoms with Crippen LogP contribution in [0.3, 0.4) is 0 Å². The van der Waals surface area contributed by atoms with Crippen LogP contribution >= 0.6 is 0 Å². The van der Waals surface area contributed by atoms with E-state index in [0.717, 1.165) is 13.0 Å². The van der Waals surface area contributed by atoms with Crippen LogP contribution in [0, 0.1) is 11.3 Å². The van der Waals surface area contributed by atoms with Crippen molar-refractivity contribution >= 4 is 5.82 Å². The summed E-state index contributed by atoms with van der Waals surface area (Å²) in [7, 11) is 0. The van der Waals surface area contributed by atoms with Crippen LogP contribution in [0.5, 0.6) is 0 Å². The second-order valence-electron chi connectivity index (χ2n) is 3.08. The Morgan fingerprint density at radius 3 is 2.87 bits per heavy atom. The number of hydrogen-bond donors (Lipinski definition) is 0. The Morgan fingerprint density at radius 2 is 2.27 bits per heavy atom. The van der Waals surface area contributed by atoms with Crippen LogP contribution in [0.15, 0.2) is 25.0 Å². The summed E-state index contributed by atoms with van der Waals surface area (Å²) in [6, 6.07) is 2.04. The van der Waals surface area contributed by atoms with Crippen LogP contribution in [0.1, 0.15) is 19.0 Å². The Morgan fingerprint density at radius 1 is 1.53 bits per heavy atom. The van der Waals surface area contributed by atoms with Crippen molar-refractivity contribution in [2.75, 3.05) is 18.0 Å². The highest BCUT2D eigenvalue weighted by atomic mass is 15.2. The average molecular weight is 202 g/mol. The summed E-state index contributed by atoms with van der Waals surface area (Å²) in [5.41, 5.74) is 0.368. The lowest BCUT2D eigenvalue weighted by Crippen LogP contribution is -2.26. The van der Waals surface area contributed by atoms with Gasteiger partial charge in [-0.3, -0.25) is 0 Å². The first-order valence-corrected chi connectivity index (χ1v) is 4.90. The zero-order valence-electron chi connectivity index (χ0n) is 8.85. The van der Waals surface area contributed by atoms with Gasteiger partial charge in [0, 0.05) is 25.5 Å². The Balaban J connectivity index is 2.99. The highest BCUT2D eigenvalue weighted by Gasteiger charge is 2.10. The van der Waals surface area contributed by atoms with Crippen molar-refractivity contribution in [3.63, 3.8) is 0 Å². The quantitative estimate of drug-likeness (QED) is 0.682. The second-order valence-corrected chi connectivity index (χ2v) is 3.08. The van der Waals surface area contributed by atoms with Gasteiger partial charge in [-0.2, -0.15) is 5.26 Å². The third kappa shape index (κ3) is 2.78. The van der Waals surface area contributed by atoms with E-state index in [1.165, 1.54) is 6.20 Å². The molecular formula is C11H14N4. The molecule has 0 aromatic carbocycles. The Bertz CT molecular complexity index is 367. The maximum absolute atomic E-state index is 8.90. The molecule has 4 nitrogen and oxygen atoms in total. The van der Waals surface area contributed by atoms with E-state index in [0.29, 0.717) is 18.1 Å². The van der Waals surface area contributed by atoms with Gasteiger partial charge in [-0.05, 0) is 6.42 Å². The second kappa shape index (κ2) is 5.76. The van der Waals surface area contributed by atoms with Gasteiger partial charge < -0.3 is 4.90 Å². The van der Waals surface area contributed by atoms with Crippen LogP contribution < -0.4 is 4.90 Å². The van der Waals surface area contributed by atoms with Gasteiger partial charge in [-0.25, -0.2) is 9.97 Å². The van der Waals surface area contributed by atoms with Gasteiger partial charge in [0.05, 0.1) is 0 Å². The van der Waals surface area contributed by atoms with Crippen LogP contribution in [-0.2, 0) is 0 Å². The average Bonchev–Trinajstić information content (AvgIpc) is 2.29. The number of anilines is 1. The van der Waals surface area contributed by atoms with E-state index < -0.39 is 0 Å². The molecule has 0 fully saturated rings. The SMILES string of the molecule is C=CCN(CCC)c1nccnc1C#N. The van der Waals surface area contributed by atoms with Crippen LogP contribution in [0.25, 0.3) is 0 Å². The predicted molar refractivity (Wildman–Crippen MR) is 59.4 cm³/mol. The topological polar surface area (TPSA) is 52.8 Å². The molecule has 78 valence electrons. The van der Waals surface area contributed by atoms with Crippen LogP contribution in [-0.4, -0.2) is 23.1 Å². The third-order valence-electron chi connectivity index (χ3n) is 1.93. The van der Waals surface area contributed by atoms with Crippen LogP contribution in [0.2, 0.25) is 0 Å². The Hall–Kier alpha value is -1.89. The van der Waals surface area contributed by atoms with Gasteiger partial charge in [-0.15, -0.1) is 6.58 Å². The monoisotopic (exact) mass is 202 g/mol. The van der Waals surface area contributed by atoms with E-state index in [-0.39, 0.29) is 0 Å². The van der Waals surface area contributed by atoms with Crippen molar-refractivity contribution in [2.45, 2.75) is 13.3 Å². The molecule has 0 saturated carbocycles. The van der Waals surface area contributed by atoms with E-state index in [9.17, 15) is 0 Å².